The van der Waals surface area contributed by atoms with Crippen LogP contribution in [-0.4, -0.2) is 11.2 Å². The molecule has 3 aliphatic rings. The van der Waals surface area contributed by atoms with Crippen molar-refractivity contribution >= 4 is 6.08 Å². The number of hydrogen-bond acceptors (Lipinski definition) is 1. The van der Waals surface area contributed by atoms with Crippen LogP contribution in [-0.2, 0) is 0 Å². The molecule has 1 N–H and O–H groups in total. The summed E-state index contributed by atoms with van der Waals surface area (Å²) in [6, 6.07) is 8.85. The van der Waals surface area contributed by atoms with E-state index >= 15 is 0 Å². The lowest BCUT2D eigenvalue weighted by atomic mass is 9.57. The Labute approximate surface area is 129 Å². The lowest BCUT2D eigenvalue weighted by molar-refractivity contribution is -0.00796. The molecule has 0 bridgehead atoms. The van der Waals surface area contributed by atoms with Gasteiger partial charge in [-0.15, -0.1) is 0 Å². The first-order valence-electron chi connectivity index (χ1n) is 8.65. The smallest absolute Gasteiger partial charge is 0.0596 e. The van der Waals surface area contributed by atoms with E-state index in [2.05, 4.69) is 43.3 Å². The number of aliphatic hydroxyl groups is 1. The molecule has 3 aliphatic carbocycles. The van der Waals surface area contributed by atoms with Gasteiger partial charge in [0.25, 0.3) is 0 Å². The van der Waals surface area contributed by atoms with Gasteiger partial charge >= 0.3 is 0 Å². The highest BCUT2D eigenvalue weighted by Gasteiger charge is 2.53. The Bertz CT molecular complexity index is 532. The Kier molecular flexibility index (Phi) is 3.96. The summed E-state index contributed by atoms with van der Waals surface area (Å²) in [5.41, 5.74) is 3.11. The first-order valence-corrected chi connectivity index (χ1v) is 8.65. The van der Waals surface area contributed by atoms with Gasteiger partial charge in [-0.05, 0) is 60.0 Å². The number of rotatable bonds is 0. The lowest BCUT2D eigenvalue weighted by Crippen LogP contribution is -2.42. The van der Waals surface area contributed by atoms with Crippen LogP contribution in [0.5, 0.6) is 0 Å². The van der Waals surface area contributed by atoms with Crippen LogP contribution in [0.15, 0.2) is 30.3 Å². The van der Waals surface area contributed by atoms with Crippen LogP contribution in [0.25, 0.3) is 6.08 Å². The van der Waals surface area contributed by atoms with E-state index in [-0.39, 0.29) is 11.5 Å². The minimum absolute atomic E-state index is 0.0796. The molecule has 1 nitrogen and oxygen atoms in total. The van der Waals surface area contributed by atoms with Crippen LogP contribution in [0.4, 0.5) is 0 Å². The molecular weight excluding hydrogens is 256 g/mol. The maximum atomic E-state index is 10.3. The Morgan fingerprint density at radius 3 is 2.67 bits per heavy atom. The molecule has 0 amide bonds. The summed E-state index contributed by atoms with van der Waals surface area (Å²) >= 11 is 0. The van der Waals surface area contributed by atoms with Crippen LogP contribution in [0.2, 0.25) is 0 Å². The van der Waals surface area contributed by atoms with E-state index in [0.717, 1.165) is 6.42 Å². The predicted molar refractivity (Wildman–Crippen MR) is 89.1 cm³/mol. The Morgan fingerprint density at radius 2 is 1.86 bits per heavy atom. The van der Waals surface area contributed by atoms with Gasteiger partial charge in [-0.1, -0.05) is 57.2 Å². The quantitative estimate of drug-likeness (QED) is 0.710. The van der Waals surface area contributed by atoms with Crippen molar-refractivity contribution in [1.29, 1.82) is 0 Å². The summed E-state index contributed by atoms with van der Waals surface area (Å²) < 4.78 is 0. The zero-order valence-electron chi connectivity index (χ0n) is 13.5. The standard InChI is InChI=1S/C18H22O.C2H6/c1-18-11-10-14-13-5-3-2-4-12(13)6-7-15(14)16(18)8-9-17(18)19;1-2/h2-7,14-17,19H,8-11H2,1H3;1-2H3/t14-,15-,16+,17-,18+;/m0./s1. The second-order valence-corrected chi connectivity index (χ2v) is 6.92. The van der Waals surface area contributed by atoms with E-state index in [4.69, 9.17) is 0 Å². The average molecular weight is 284 g/mol. The van der Waals surface area contributed by atoms with Crippen molar-refractivity contribution in [2.24, 2.45) is 17.3 Å². The molecular formula is C20H28O. The molecule has 0 heterocycles. The highest BCUT2D eigenvalue weighted by atomic mass is 16.3. The van der Waals surface area contributed by atoms with Gasteiger partial charge in [0.1, 0.15) is 0 Å². The fourth-order valence-corrected chi connectivity index (χ4v) is 5.01. The monoisotopic (exact) mass is 284 g/mol. The normalized spacial score (nSPS) is 39.6. The molecule has 0 aromatic heterocycles. The molecule has 0 saturated heterocycles. The molecule has 2 fully saturated rings. The maximum Gasteiger partial charge on any atom is 0.0596 e. The van der Waals surface area contributed by atoms with Crippen molar-refractivity contribution in [3.63, 3.8) is 0 Å². The number of allylic oxidation sites excluding steroid dienone is 1. The molecule has 0 radical (unpaired) electrons. The molecule has 1 aromatic rings. The van der Waals surface area contributed by atoms with Crippen LogP contribution in [0.1, 0.15) is 63.5 Å². The van der Waals surface area contributed by atoms with Crippen molar-refractivity contribution in [3.8, 4) is 0 Å². The number of fused-ring (bicyclic) bond motifs is 5. The third-order valence-corrected chi connectivity index (χ3v) is 6.18. The number of aliphatic hydroxyl groups excluding tert-OH is 1. The molecule has 114 valence electrons. The summed E-state index contributed by atoms with van der Waals surface area (Å²) in [4.78, 5) is 0. The van der Waals surface area contributed by atoms with E-state index in [9.17, 15) is 5.11 Å². The highest BCUT2D eigenvalue weighted by molar-refractivity contribution is 5.58. The third-order valence-electron chi connectivity index (χ3n) is 6.18. The molecule has 0 unspecified atom stereocenters. The van der Waals surface area contributed by atoms with Crippen LogP contribution < -0.4 is 0 Å². The predicted octanol–water partition coefficient (Wildman–Crippen LogP) is 5.01. The average Bonchev–Trinajstić information content (AvgIpc) is 2.85. The fourth-order valence-electron chi connectivity index (χ4n) is 5.01. The Morgan fingerprint density at radius 1 is 1.10 bits per heavy atom. The molecule has 1 heteroatoms. The van der Waals surface area contributed by atoms with Crippen LogP contribution >= 0.6 is 0 Å². The molecule has 4 rings (SSSR count). The molecule has 2 saturated carbocycles. The number of benzene rings is 1. The van der Waals surface area contributed by atoms with E-state index in [1.807, 2.05) is 13.8 Å². The van der Waals surface area contributed by atoms with Gasteiger partial charge < -0.3 is 5.11 Å². The van der Waals surface area contributed by atoms with Crippen molar-refractivity contribution in [2.45, 2.75) is 58.5 Å². The van der Waals surface area contributed by atoms with Gasteiger partial charge in [0.2, 0.25) is 0 Å². The first-order chi connectivity index (χ1) is 10.2. The fraction of sp³-hybridized carbons (Fsp3) is 0.600. The summed E-state index contributed by atoms with van der Waals surface area (Å²) in [7, 11) is 0. The second kappa shape index (κ2) is 5.61. The second-order valence-electron chi connectivity index (χ2n) is 6.92. The van der Waals surface area contributed by atoms with E-state index in [1.165, 1.54) is 24.8 Å². The highest BCUT2D eigenvalue weighted by Crippen LogP contribution is 2.59. The van der Waals surface area contributed by atoms with Crippen molar-refractivity contribution < 1.29 is 5.11 Å². The van der Waals surface area contributed by atoms with Gasteiger partial charge in [-0.2, -0.15) is 0 Å². The molecule has 0 aliphatic heterocycles. The topological polar surface area (TPSA) is 20.2 Å². The Hall–Kier alpha value is -1.08. The van der Waals surface area contributed by atoms with E-state index in [0.29, 0.717) is 17.8 Å². The maximum absolute atomic E-state index is 10.3. The van der Waals surface area contributed by atoms with E-state index < -0.39 is 0 Å². The van der Waals surface area contributed by atoms with Crippen molar-refractivity contribution in [2.75, 3.05) is 0 Å². The molecule has 5 atom stereocenters. The zero-order chi connectivity index (χ0) is 15.0. The van der Waals surface area contributed by atoms with Gasteiger partial charge in [0.05, 0.1) is 6.10 Å². The largest absolute Gasteiger partial charge is 0.393 e. The minimum atomic E-state index is -0.0796. The van der Waals surface area contributed by atoms with Gasteiger partial charge in [0, 0.05) is 0 Å². The van der Waals surface area contributed by atoms with Crippen LogP contribution in [0, 0.1) is 17.3 Å². The summed E-state index contributed by atoms with van der Waals surface area (Å²) in [6.07, 6.45) is 9.28. The first kappa shape index (κ1) is 14.8. The third kappa shape index (κ3) is 2.17. The molecule has 21 heavy (non-hydrogen) atoms. The van der Waals surface area contributed by atoms with Crippen LogP contribution in [0.3, 0.4) is 0 Å². The summed E-state index contributed by atoms with van der Waals surface area (Å²) in [5.74, 6) is 2.00. The van der Waals surface area contributed by atoms with Crippen molar-refractivity contribution in [1.82, 2.24) is 0 Å². The minimum Gasteiger partial charge on any atom is -0.393 e. The van der Waals surface area contributed by atoms with Gasteiger partial charge in [0.15, 0.2) is 0 Å². The lowest BCUT2D eigenvalue weighted by Gasteiger charge is -2.48. The molecule has 0 spiro atoms. The number of hydrogen-bond donors (Lipinski definition) is 1. The summed E-state index contributed by atoms with van der Waals surface area (Å²) in [5, 5.41) is 10.3. The zero-order valence-corrected chi connectivity index (χ0v) is 13.5. The van der Waals surface area contributed by atoms with Gasteiger partial charge in [-0.25, -0.2) is 0 Å². The molecule has 1 aromatic carbocycles. The SMILES string of the molecule is CC.C[C@@]12CC[C@H]3c4ccccc4C=C[C@@H]3[C@H]1CC[C@@H]2O. The summed E-state index contributed by atoms with van der Waals surface area (Å²) in [6.45, 7) is 6.32. The van der Waals surface area contributed by atoms with Crippen molar-refractivity contribution in [3.05, 3.63) is 41.5 Å². The Balaban J connectivity index is 0.000000636. The van der Waals surface area contributed by atoms with E-state index in [1.54, 1.807) is 5.56 Å². The van der Waals surface area contributed by atoms with Gasteiger partial charge in [-0.3, -0.25) is 0 Å².